The van der Waals surface area contributed by atoms with E-state index in [-0.39, 0.29) is 11.9 Å². The summed E-state index contributed by atoms with van der Waals surface area (Å²) in [4.78, 5) is 28.7. The van der Waals surface area contributed by atoms with Gasteiger partial charge in [0.15, 0.2) is 5.54 Å². The van der Waals surface area contributed by atoms with Gasteiger partial charge in [-0.25, -0.2) is 4.79 Å². The van der Waals surface area contributed by atoms with Gasteiger partial charge in [-0.1, -0.05) is 48.0 Å². The lowest BCUT2D eigenvalue weighted by molar-refractivity contribution is -0.131. The van der Waals surface area contributed by atoms with Crippen molar-refractivity contribution in [2.75, 3.05) is 13.6 Å². The summed E-state index contributed by atoms with van der Waals surface area (Å²) in [5.41, 5.74) is 1.69. The zero-order valence-electron chi connectivity index (χ0n) is 12.6. The Morgan fingerprint density at radius 3 is 2.48 bits per heavy atom. The molecule has 23 heavy (non-hydrogen) atoms. The number of rotatable bonds is 1. The largest absolute Gasteiger partial charge is 0.327 e. The highest BCUT2D eigenvalue weighted by molar-refractivity contribution is 6.30. The summed E-state index contributed by atoms with van der Waals surface area (Å²) in [5.74, 6) is -0.211. The molecule has 0 bridgehead atoms. The third-order valence-corrected chi connectivity index (χ3v) is 5.06. The van der Waals surface area contributed by atoms with Crippen LogP contribution >= 0.6 is 11.6 Å². The van der Waals surface area contributed by atoms with Gasteiger partial charge in [-0.15, -0.1) is 0 Å². The lowest BCUT2D eigenvalue weighted by atomic mass is 9.76. The number of halogens is 1. The molecule has 0 N–H and O–H groups in total. The van der Waals surface area contributed by atoms with Gasteiger partial charge >= 0.3 is 6.03 Å². The summed E-state index contributed by atoms with van der Waals surface area (Å²) in [6.07, 6.45) is 0.748. The first-order chi connectivity index (χ1) is 11.1. The van der Waals surface area contributed by atoms with Crippen LogP contribution in [0.5, 0.6) is 0 Å². The Bertz CT molecular complexity index is 818. The van der Waals surface area contributed by atoms with Gasteiger partial charge in [-0.3, -0.25) is 9.69 Å². The highest BCUT2D eigenvalue weighted by Gasteiger charge is 2.60. The fourth-order valence-electron chi connectivity index (χ4n) is 3.74. The van der Waals surface area contributed by atoms with E-state index in [2.05, 4.69) is 0 Å². The van der Waals surface area contributed by atoms with Crippen molar-refractivity contribution in [1.29, 1.82) is 0 Å². The lowest BCUT2D eigenvalue weighted by Gasteiger charge is -2.41. The maximum absolute atomic E-state index is 13.2. The fraction of sp³-hybridized carbons (Fsp3) is 0.222. The topological polar surface area (TPSA) is 40.6 Å². The molecule has 2 aromatic carbocycles. The number of carbonyl (C=O) groups is 2. The predicted octanol–water partition coefficient (Wildman–Crippen LogP) is 3.03. The summed E-state index contributed by atoms with van der Waals surface area (Å²) >= 11 is 6.01. The molecule has 0 aromatic heterocycles. The van der Waals surface area contributed by atoms with Crippen LogP contribution in [-0.2, 0) is 16.8 Å². The number of imide groups is 1. The summed E-state index contributed by atoms with van der Waals surface area (Å²) in [6, 6.07) is 14.8. The maximum Gasteiger partial charge on any atom is 0.327 e. The van der Waals surface area contributed by atoms with E-state index in [0.717, 1.165) is 23.1 Å². The molecular weight excluding hydrogens is 312 g/mol. The molecule has 4 nitrogen and oxygen atoms in total. The minimum absolute atomic E-state index is 0.211. The highest BCUT2D eigenvalue weighted by Crippen LogP contribution is 2.46. The number of amides is 3. The minimum atomic E-state index is -1.08. The van der Waals surface area contributed by atoms with Gasteiger partial charge in [0.05, 0.1) is 0 Å². The zero-order chi connectivity index (χ0) is 16.2. The molecule has 0 radical (unpaired) electrons. The van der Waals surface area contributed by atoms with Crippen LogP contribution in [0.3, 0.4) is 0 Å². The van der Waals surface area contributed by atoms with Gasteiger partial charge < -0.3 is 4.90 Å². The van der Waals surface area contributed by atoms with Gasteiger partial charge in [0.2, 0.25) is 0 Å². The first kappa shape index (κ1) is 14.3. The first-order valence-corrected chi connectivity index (χ1v) is 7.89. The summed E-state index contributed by atoms with van der Waals surface area (Å²) < 4.78 is 0. The van der Waals surface area contributed by atoms with Gasteiger partial charge in [0.1, 0.15) is 0 Å². The van der Waals surface area contributed by atoms with E-state index in [1.807, 2.05) is 36.4 Å². The van der Waals surface area contributed by atoms with Crippen molar-refractivity contribution in [2.45, 2.75) is 12.0 Å². The number of carbonyl (C=O) groups excluding carboxylic acids is 2. The molecule has 2 heterocycles. The molecule has 0 aliphatic carbocycles. The van der Waals surface area contributed by atoms with E-state index < -0.39 is 5.54 Å². The van der Waals surface area contributed by atoms with Gasteiger partial charge in [-0.2, -0.15) is 0 Å². The number of hydrogen-bond acceptors (Lipinski definition) is 2. The van der Waals surface area contributed by atoms with Crippen LogP contribution in [0, 0.1) is 0 Å². The fourth-order valence-corrected chi connectivity index (χ4v) is 3.87. The summed E-state index contributed by atoms with van der Waals surface area (Å²) in [7, 11) is 1.54. The second-order valence-corrected chi connectivity index (χ2v) is 6.36. The van der Waals surface area contributed by atoms with Crippen molar-refractivity contribution < 1.29 is 9.59 Å². The smallest absolute Gasteiger partial charge is 0.301 e. The van der Waals surface area contributed by atoms with Crippen molar-refractivity contribution in [1.82, 2.24) is 9.80 Å². The van der Waals surface area contributed by atoms with Crippen molar-refractivity contribution in [3.63, 3.8) is 0 Å². The highest BCUT2D eigenvalue weighted by atomic mass is 35.5. The van der Waals surface area contributed by atoms with E-state index in [9.17, 15) is 9.59 Å². The number of benzene rings is 2. The molecule has 2 aliphatic rings. The Morgan fingerprint density at radius 2 is 1.74 bits per heavy atom. The molecule has 0 spiro atoms. The van der Waals surface area contributed by atoms with Crippen LogP contribution in [0.15, 0.2) is 48.5 Å². The molecule has 0 unspecified atom stereocenters. The second kappa shape index (κ2) is 4.83. The molecule has 2 aliphatic heterocycles. The first-order valence-electron chi connectivity index (χ1n) is 7.51. The maximum atomic E-state index is 13.2. The van der Waals surface area contributed by atoms with Crippen LogP contribution in [0.25, 0.3) is 0 Å². The molecule has 0 saturated carbocycles. The van der Waals surface area contributed by atoms with Crippen LogP contribution in [0.1, 0.15) is 16.7 Å². The van der Waals surface area contributed by atoms with Crippen LogP contribution < -0.4 is 0 Å². The zero-order valence-corrected chi connectivity index (χ0v) is 13.4. The third-order valence-electron chi connectivity index (χ3n) is 4.81. The van der Waals surface area contributed by atoms with Crippen molar-refractivity contribution in [3.05, 3.63) is 70.2 Å². The Morgan fingerprint density at radius 1 is 1.04 bits per heavy atom. The quantitative estimate of drug-likeness (QED) is 0.756. The Hall–Kier alpha value is -2.33. The van der Waals surface area contributed by atoms with Crippen LogP contribution in [-0.4, -0.2) is 35.3 Å². The van der Waals surface area contributed by atoms with Gasteiger partial charge in [-0.05, 0) is 35.2 Å². The average Bonchev–Trinajstić information content (AvgIpc) is 2.78. The van der Waals surface area contributed by atoms with Crippen molar-refractivity contribution >= 4 is 23.5 Å². The predicted molar refractivity (Wildman–Crippen MR) is 87.3 cm³/mol. The monoisotopic (exact) mass is 326 g/mol. The molecule has 116 valence electrons. The Kier molecular flexibility index (Phi) is 3.00. The second-order valence-electron chi connectivity index (χ2n) is 5.92. The lowest BCUT2D eigenvalue weighted by Crippen LogP contribution is -2.51. The normalized spacial score (nSPS) is 23.0. The Balaban J connectivity index is 2.06. The van der Waals surface area contributed by atoms with Crippen LogP contribution in [0.4, 0.5) is 4.79 Å². The molecule has 1 saturated heterocycles. The number of hydrogen-bond donors (Lipinski definition) is 0. The number of fused-ring (bicyclic) bond motifs is 3. The SMILES string of the molecule is CN1C(=O)N2CCc3ccccc3[C@]2(c2ccc(Cl)cc2)C1=O. The van der Waals surface area contributed by atoms with E-state index in [1.54, 1.807) is 24.1 Å². The van der Waals surface area contributed by atoms with E-state index in [0.29, 0.717) is 11.6 Å². The molecule has 2 aromatic rings. The molecule has 4 rings (SSSR count). The average molecular weight is 327 g/mol. The summed E-state index contributed by atoms with van der Waals surface area (Å²) in [6.45, 7) is 0.522. The van der Waals surface area contributed by atoms with Crippen molar-refractivity contribution in [2.24, 2.45) is 0 Å². The molecule has 1 fully saturated rings. The number of urea groups is 1. The van der Waals surface area contributed by atoms with E-state index >= 15 is 0 Å². The van der Waals surface area contributed by atoms with E-state index in [1.165, 1.54) is 4.90 Å². The van der Waals surface area contributed by atoms with Crippen molar-refractivity contribution in [3.8, 4) is 0 Å². The molecule has 5 heteroatoms. The molecular formula is C18H15ClN2O2. The minimum Gasteiger partial charge on any atom is -0.301 e. The van der Waals surface area contributed by atoms with Crippen LogP contribution in [0.2, 0.25) is 5.02 Å². The van der Waals surface area contributed by atoms with Gasteiger partial charge in [0, 0.05) is 18.6 Å². The Labute approximate surface area is 139 Å². The number of nitrogens with zero attached hydrogens (tertiary/aromatic N) is 2. The number of likely N-dealkylation sites (N-methyl/N-ethyl adjacent to an activating group) is 1. The standard InChI is InChI=1S/C18H15ClN2O2/c1-20-16(22)18(13-6-8-14(19)9-7-13)15-5-3-2-4-12(15)10-11-21(18)17(20)23/h2-9H,10-11H2,1H3/t18-/m1/s1. The molecule has 3 amide bonds. The third kappa shape index (κ3) is 1.72. The molecule has 1 atom stereocenters. The van der Waals surface area contributed by atoms with Gasteiger partial charge in [0.25, 0.3) is 5.91 Å². The van der Waals surface area contributed by atoms with E-state index in [4.69, 9.17) is 11.6 Å². The summed E-state index contributed by atoms with van der Waals surface area (Å²) in [5, 5.41) is 0.603.